The predicted octanol–water partition coefficient (Wildman–Crippen LogP) is 3.61. The van der Waals surface area contributed by atoms with Gasteiger partial charge in [0.2, 0.25) is 11.8 Å². The Kier molecular flexibility index (Phi) is 7.35. The van der Waals surface area contributed by atoms with Crippen molar-refractivity contribution in [1.29, 1.82) is 0 Å². The first kappa shape index (κ1) is 20.5. The molecule has 6 nitrogen and oxygen atoms in total. The third kappa shape index (κ3) is 6.73. The van der Waals surface area contributed by atoms with Gasteiger partial charge in [-0.3, -0.25) is 14.6 Å². The summed E-state index contributed by atoms with van der Waals surface area (Å²) in [6, 6.07) is 16.8. The number of amides is 2. The van der Waals surface area contributed by atoms with E-state index in [1.54, 1.807) is 6.20 Å². The van der Waals surface area contributed by atoms with E-state index in [0.717, 1.165) is 21.9 Å². The molecule has 1 atom stereocenters. The first-order chi connectivity index (χ1) is 14.1. The van der Waals surface area contributed by atoms with Gasteiger partial charge in [-0.25, -0.2) is 0 Å². The molecule has 0 fully saturated rings. The molecular weight excluding hydrogens is 386 g/mol. The van der Waals surface area contributed by atoms with Crippen molar-refractivity contribution in [1.82, 2.24) is 15.6 Å². The molecule has 2 aromatic heterocycles. The average Bonchev–Trinajstić information content (AvgIpc) is 3.26. The van der Waals surface area contributed by atoms with Gasteiger partial charge >= 0.3 is 0 Å². The van der Waals surface area contributed by atoms with Crippen LogP contribution in [0.5, 0.6) is 5.75 Å². The Morgan fingerprint density at radius 3 is 2.59 bits per heavy atom. The normalized spacial score (nSPS) is 11.5. The van der Waals surface area contributed by atoms with E-state index in [1.807, 2.05) is 60.0 Å². The quantitative estimate of drug-likeness (QED) is 0.566. The highest BCUT2D eigenvalue weighted by Gasteiger charge is 2.17. The number of hydrogen-bond acceptors (Lipinski definition) is 5. The van der Waals surface area contributed by atoms with Crippen LogP contribution in [-0.2, 0) is 22.7 Å². The summed E-state index contributed by atoms with van der Waals surface area (Å²) in [5.41, 5.74) is 1.83. The van der Waals surface area contributed by atoms with Crippen LogP contribution in [0.2, 0.25) is 0 Å². The molecule has 150 valence electrons. The third-order valence-corrected chi connectivity index (χ3v) is 5.17. The minimum absolute atomic E-state index is 0.118. The van der Waals surface area contributed by atoms with Gasteiger partial charge in [-0.15, -0.1) is 11.3 Å². The highest BCUT2D eigenvalue weighted by Crippen LogP contribution is 2.22. The zero-order valence-electron chi connectivity index (χ0n) is 16.1. The SMILES string of the molecule is CC(=O)NC(CC(=O)NCc1ccc(OCc2ccccn2)cc1)c1cccs1. The van der Waals surface area contributed by atoms with Crippen LogP contribution in [0.3, 0.4) is 0 Å². The van der Waals surface area contributed by atoms with Crippen LogP contribution in [0.25, 0.3) is 0 Å². The fourth-order valence-electron chi connectivity index (χ4n) is 2.76. The van der Waals surface area contributed by atoms with Crippen molar-refractivity contribution in [2.75, 3.05) is 0 Å². The van der Waals surface area contributed by atoms with Gasteiger partial charge in [0.15, 0.2) is 0 Å². The number of carbonyl (C=O) groups excluding carboxylic acids is 2. The fraction of sp³-hybridized carbons (Fsp3) is 0.227. The smallest absolute Gasteiger partial charge is 0.222 e. The largest absolute Gasteiger partial charge is 0.487 e. The Labute approximate surface area is 173 Å². The summed E-state index contributed by atoms with van der Waals surface area (Å²) < 4.78 is 5.71. The van der Waals surface area contributed by atoms with E-state index in [1.165, 1.54) is 18.3 Å². The molecule has 1 unspecified atom stereocenters. The van der Waals surface area contributed by atoms with Gasteiger partial charge in [-0.05, 0) is 41.3 Å². The molecule has 1 aromatic carbocycles. The minimum atomic E-state index is -0.310. The lowest BCUT2D eigenvalue weighted by atomic mass is 10.1. The number of nitrogens with zero attached hydrogens (tertiary/aromatic N) is 1. The second-order valence-electron chi connectivity index (χ2n) is 6.50. The molecule has 0 aliphatic heterocycles. The number of rotatable bonds is 9. The van der Waals surface area contributed by atoms with Crippen LogP contribution in [0.15, 0.2) is 66.2 Å². The van der Waals surface area contributed by atoms with Crippen molar-refractivity contribution in [3.8, 4) is 5.75 Å². The van der Waals surface area contributed by atoms with Crippen LogP contribution < -0.4 is 15.4 Å². The molecule has 0 aliphatic rings. The van der Waals surface area contributed by atoms with E-state index in [9.17, 15) is 9.59 Å². The average molecular weight is 410 g/mol. The van der Waals surface area contributed by atoms with E-state index in [-0.39, 0.29) is 24.3 Å². The molecular formula is C22H23N3O3S. The molecule has 7 heteroatoms. The Morgan fingerprint density at radius 1 is 1.10 bits per heavy atom. The maximum atomic E-state index is 12.3. The Balaban J connectivity index is 1.47. The van der Waals surface area contributed by atoms with E-state index >= 15 is 0 Å². The number of nitrogens with one attached hydrogen (secondary N) is 2. The zero-order valence-corrected chi connectivity index (χ0v) is 16.9. The number of hydrogen-bond donors (Lipinski definition) is 2. The van der Waals surface area contributed by atoms with Crippen LogP contribution >= 0.6 is 11.3 Å². The van der Waals surface area contributed by atoms with Gasteiger partial charge in [0.05, 0.1) is 18.2 Å². The lowest BCUT2D eigenvalue weighted by Gasteiger charge is -2.16. The Morgan fingerprint density at radius 2 is 1.93 bits per heavy atom. The van der Waals surface area contributed by atoms with E-state index in [2.05, 4.69) is 15.6 Å². The first-order valence-electron chi connectivity index (χ1n) is 9.29. The molecule has 29 heavy (non-hydrogen) atoms. The van der Waals surface area contributed by atoms with Crippen molar-refractivity contribution >= 4 is 23.2 Å². The maximum Gasteiger partial charge on any atom is 0.222 e. The van der Waals surface area contributed by atoms with Gasteiger partial charge in [0, 0.05) is 24.5 Å². The summed E-state index contributed by atoms with van der Waals surface area (Å²) in [6.07, 6.45) is 1.94. The molecule has 0 aliphatic carbocycles. The molecule has 0 saturated heterocycles. The van der Waals surface area contributed by atoms with Crippen molar-refractivity contribution in [2.45, 2.75) is 32.5 Å². The molecule has 3 rings (SSSR count). The Hall–Kier alpha value is -3.19. The lowest BCUT2D eigenvalue weighted by molar-refractivity contribution is -0.122. The number of carbonyl (C=O) groups is 2. The molecule has 2 amide bonds. The van der Waals surface area contributed by atoms with Crippen molar-refractivity contribution in [2.24, 2.45) is 0 Å². The number of benzene rings is 1. The van der Waals surface area contributed by atoms with Crippen LogP contribution in [0, 0.1) is 0 Å². The standard InChI is InChI=1S/C22H23N3O3S/c1-16(26)25-20(21-6-4-12-29-21)13-22(27)24-14-17-7-9-19(10-8-17)28-15-18-5-2-3-11-23-18/h2-12,20H,13-15H2,1H3,(H,24,27)(H,25,26). The fourth-order valence-corrected chi connectivity index (χ4v) is 3.54. The second kappa shape index (κ2) is 10.4. The van der Waals surface area contributed by atoms with Crippen LogP contribution in [0.4, 0.5) is 0 Å². The summed E-state index contributed by atoms with van der Waals surface area (Å²) in [6.45, 7) is 2.27. The summed E-state index contributed by atoms with van der Waals surface area (Å²) >= 11 is 1.52. The van der Waals surface area contributed by atoms with Gasteiger partial charge in [0.25, 0.3) is 0 Å². The minimum Gasteiger partial charge on any atom is -0.487 e. The number of pyridine rings is 1. The number of ether oxygens (including phenoxy) is 1. The van der Waals surface area contributed by atoms with Crippen molar-refractivity contribution in [3.05, 3.63) is 82.3 Å². The monoisotopic (exact) mass is 409 g/mol. The highest BCUT2D eigenvalue weighted by molar-refractivity contribution is 7.10. The van der Waals surface area contributed by atoms with Gasteiger partial charge in [-0.1, -0.05) is 24.3 Å². The van der Waals surface area contributed by atoms with Crippen molar-refractivity contribution < 1.29 is 14.3 Å². The summed E-state index contributed by atoms with van der Waals surface area (Å²) in [5, 5.41) is 7.67. The molecule has 0 radical (unpaired) electrons. The highest BCUT2D eigenvalue weighted by atomic mass is 32.1. The molecule has 3 aromatic rings. The van der Waals surface area contributed by atoms with E-state index < -0.39 is 0 Å². The van der Waals surface area contributed by atoms with Crippen molar-refractivity contribution in [3.63, 3.8) is 0 Å². The summed E-state index contributed by atoms with van der Waals surface area (Å²) in [7, 11) is 0. The van der Waals surface area contributed by atoms with Crippen LogP contribution in [-0.4, -0.2) is 16.8 Å². The van der Waals surface area contributed by atoms with Gasteiger partial charge in [0.1, 0.15) is 12.4 Å². The Bertz CT molecular complexity index is 912. The summed E-state index contributed by atoms with van der Waals surface area (Å²) in [5.74, 6) is 0.472. The second-order valence-corrected chi connectivity index (χ2v) is 7.48. The predicted molar refractivity (Wildman–Crippen MR) is 112 cm³/mol. The first-order valence-corrected chi connectivity index (χ1v) is 10.2. The molecule has 0 bridgehead atoms. The van der Waals surface area contributed by atoms with Gasteiger partial charge < -0.3 is 15.4 Å². The van der Waals surface area contributed by atoms with E-state index in [4.69, 9.17) is 4.74 Å². The zero-order chi connectivity index (χ0) is 20.5. The van der Waals surface area contributed by atoms with Gasteiger partial charge in [-0.2, -0.15) is 0 Å². The van der Waals surface area contributed by atoms with E-state index in [0.29, 0.717) is 13.2 Å². The number of thiophene rings is 1. The maximum absolute atomic E-state index is 12.3. The lowest BCUT2D eigenvalue weighted by Crippen LogP contribution is -2.32. The molecule has 2 heterocycles. The van der Waals surface area contributed by atoms with Crippen LogP contribution in [0.1, 0.15) is 35.5 Å². The summed E-state index contributed by atoms with van der Waals surface area (Å²) in [4.78, 5) is 29.0. The topological polar surface area (TPSA) is 80.3 Å². The third-order valence-electron chi connectivity index (χ3n) is 4.18. The molecule has 2 N–H and O–H groups in total. The molecule has 0 spiro atoms. The molecule has 0 saturated carbocycles. The number of aromatic nitrogens is 1.